The summed E-state index contributed by atoms with van der Waals surface area (Å²) in [5.41, 5.74) is 4.48. The van der Waals surface area contributed by atoms with Crippen molar-refractivity contribution >= 4 is 0 Å². The molecule has 0 atom stereocenters. The molecule has 6 nitrogen and oxygen atoms in total. The van der Waals surface area contributed by atoms with Crippen LogP contribution in [0, 0.1) is 13.8 Å². The SMILES string of the molecule is CCNCc1c(C)nn(Cc2cn(C)nn2)c1C. The number of aryl methyl sites for hydroxylation is 2. The van der Waals surface area contributed by atoms with Crippen LogP contribution in [0.15, 0.2) is 6.20 Å². The molecule has 0 amide bonds. The number of hydrogen-bond donors (Lipinski definition) is 1. The number of aromatic nitrogens is 5. The Morgan fingerprint density at radius 3 is 2.72 bits per heavy atom. The predicted molar refractivity (Wildman–Crippen MR) is 69.2 cm³/mol. The van der Waals surface area contributed by atoms with E-state index in [1.807, 2.05) is 24.9 Å². The van der Waals surface area contributed by atoms with Crippen molar-refractivity contribution in [3.63, 3.8) is 0 Å². The normalized spacial score (nSPS) is 11.1. The second kappa shape index (κ2) is 5.30. The molecule has 0 fully saturated rings. The minimum Gasteiger partial charge on any atom is -0.313 e. The van der Waals surface area contributed by atoms with Crippen LogP contribution in [-0.4, -0.2) is 31.3 Å². The lowest BCUT2D eigenvalue weighted by Crippen LogP contribution is -2.13. The molecule has 0 saturated carbocycles. The topological polar surface area (TPSA) is 60.6 Å². The van der Waals surface area contributed by atoms with E-state index in [4.69, 9.17) is 0 Å². The van der Waals surface area contributed by atoms with Crippen LogP contribution < -0.4 is 5.32 Å². The van der Waals surface area contributed by atoms with Gasteiger partial charge in [0.25, 0.3) is 0 Å². The van der Waals surface area contributed by atoms with Crippen molar-refractivity contribution in [1.29, 1.82) is 0 Å². The highest BCUT2D eigenvalue weighted by Crippen LogP contribution is 2.13. The van der Waals surface area contributed by atoms with Crippen LogP contribution >= 0.6 is 0 Å². The Kier molecular flexibility index (Phi) is 3.76. The second-order valence-electron chi connectivity index (χ2n) is 4.47. The van der Waals surface area contributed by atoms with E-state index in [9.17, 15) is 0 Å². The molecule has 0 unspecified atom stereocenters. The Hall–Kier alpha value is -1.69. The second-order valence-corrected chi connectivity index (χ2v) is 4.47. The van der Waals surface area contributed by atoms with Crippen molar-refractivity contribution < 1.29 is 0 Å². The van der Waals surface area contributed by atoms with Crippen LogP contribution in [0.2, 0.25) is 0 Å². The van der Waals surface area contributed by atoms with E-state index in [1.54, 1.807) is 4.68 Å². The molecule has 18 heavy (non-hydrogen) atoms. The number of nitrogens with zero attached hydrogens (tertiary/aromatic N) is 5. The van der Waals surface area contributed by atoms with Crippen molar-refractivity contribution in [3.8, 4) is 0 Å². The van der Waals surface area contributed by atoms with Gasteiger partial charge in [-0.2, -0.15) is 5.10 Å². The lowest BCUT2D eigenvalue weighted by atomic mass is 10.2. The smallest absolute Gasteiger partial charge is 0.104 e. The zero-order valence-corrected chi connectivity index (χ0v) is 11.4. The van der Waals surface area contributed by atoms with Crippen LogP contribution in [0.1, 0.15) is 29.6 Å². The van der Waals surface area contributed by atoms with Crippen LogP contribution in [0.5, 0.6) is 0 Å². The summed E-state index contributed by atoms with van der Waals surface area (Å²) in [7, 11) is 1.87. The van der Waals surface area contributed by atoms with Crippen molar-refractivity contribution in [3.05, 3.63) is 28.8 Å². The number of hydrogen-bond acceptors (Lipinski definition) is 4. The molecular weight excluding hydrogens is 228 g/mol. The molecule has 2 aromatic heterocycles. The zero-order chi connectivity index (χ0) is 13.1. The minimum absolute atomic E-state index is 0.673. The van der Waals surface area contributed by atoms with Gasteiger partial charge in [-0.05, 0) is 20.4 Å². The Bertz CT molecular complexity index is 525. The molecule has 0 aliphatic rings. The maximum atomic E-state index is 4.57. The fourth-order valence-corrected chi connectivity index (χ4v) is 2.01. The minimum atomic E-state index is 0.673. The maximum Gasteiger partial charge on any atom is 0.104 e. The lowest BCUT2D eigenvalue weighted by molar-refractivity contribution is 0.641. The quantitative estimate of drug-likeness (QED) is 0.849. The van der Waals surface area contributed by atoms with Gasteiger partial charge in [0.15, 0.2) is 0 Å². The zero-order valence-electron chi connectivity index (χ0n) is 11.4. The average Bonchev–Trinajstić information content (AvgIpc) is 2.84. The van der Waals surface area contributed by atoms with Crippen molar-refractivity contribution in [1.82, 2.24) is 30.1 Å². The lowest BCUT2D eigenvalue weighted by Gasteiger charge is -2.04. The largest absolute Gasteiger partial charge is 0.313 e. The maximum absolute atomic E-state index is 4.57. The first-order valence-corrected chi connectivity index (χ1v) is 6.20. The van der Waals surface area contributed by atoms with Crippen molar-refractivity contribution in [2.75, 3.05) is 6.54 Å². The number of rotatable bonds is 5. The summed E-state index contributed by atoms with van der Waals surface area (Å²) in [6.07, 6.45) is 1.92. The van der Waals surface area contributed by atoms with Gasteiger partial charge in [0.1, 0.15) is 5.69 Å². The highest BCUT2D eigenvalue weighted by atomic mass is 15.4. The number of nitrogens with one attached hydrogen (secondary N) is 1. The van der Waals surface area contributed by atoms with Gasteiger partial charge in [-0.25, -0.2) is 0 Å². The van der Waals surface area contributed by atoms with Crippen LogP contribution in [0.3, 0.4) is 0 Å². The molecule has 98 valence electrons. The molecule has 0 aromatic carbocycles. The molecule has 1 N–H and O–H groups in total. The monoisotopic (exact) mass is 248 g/mol. The summed E-state index contributed by atoms with van der Waals surface area (Å²) in [5, 5.41) is 15.9. The third-order valence-corrected chi connectivity index (χ3v) is 3.05. The molecule has 2 aromatic rings. The van der Waals surface area contributed by atoms with E-state index in [0.717, 1.165) is 24.5 Å². The van der Waals surface area contributed by atoms with Crippen LogP contribution in [-0.2, 0) is 20.1 Å². The molecule has 6 heteroatoms. The molecule has 0 spiro atoms. The molecule has 2 rings (SSSR count). The highest BCUT2D eigenvalue weighted by Gasteiger charge is 2.12. The summed E-state index contributed by atoms with van der Waals surface area (Å²) >= 11 is 0. The molecule has 0 radical (unpaired) electrons. The van der Waals surface area contributed by atoms with Gasteiger partial charge in [0.05, 0.1) is 12.2 Å². The van der Waals surface area contributed by atoms with E-state index in [1.165, 1.54) is 11.3 Å². The van der Waals surface area contributed by atoms with Crippen molar-refractivity contribution in [2.24, 2.45) is 7.05 Å². The fraction of sp³-hybridized carbons (Fsp3) is 0.583. The summed E-state index contributed by atoms with van der Waals surface area (Å²) in [5.74, 6) is 0. The predicted octanol–water partition coefficient (Wildman–Crippen LogP) is 0.786. The Morgan fingerprint density at radius 2 is 2.11 bits per heavy atom. The Morgan fingerprint density at radius 1 is 1.33 bits per heavy atom. The first-order valence-electron chi connectivity index (χ1n) is 6.20. The van der Waals surface area contributed by atoms with Gasteiger partial charge in [0.2, 0.25) is 0 Å². The van der Waals surface area contributed by atoms with Gasteiger partial charge in [-0.1, -0.05) is 12.1 Å². The Balaban J connectivity index is 2.18. The van der Waals surface area contributed by atoms with E-state index >= 15 is 0 Å². The highest BCUT2D eigenvalue weighted by molar-refractivity contribution is 5.24. The summed E-state index contributed by atoms with van der Waals surface area (Å²) in [6.45, 7) is 8.76. The summed E-state index contributed by atoms with van der Waals surface area (Å²) in [4.78, 5) is 0. The van der Waals surface area contributed by atoms with E-state index in [0.29, 0.717) is 6.54 Å². The summed E-state index contributed by atoms with van der Waals surface area (Å²) in [6, 6.07) is 0. The van der Waals surface area contributed by atoms with Crippen LogP contribution in [0.25, 0.3) is 0 Å². The molecule has 2 heterocycles. The van der Waals surface area contributed by atoms with E-state index in [-0.39, 0.29) is 0 Å². The average molecular weight is 248 g/mol. The van der Waals surface area contributed by atoms with Gasteiger partial charge < -0.3 is 5.32 Å². The van der Waals surface area contributed by atoms with Gasteiger partial charge in [-0.15, -0.1) is 5.10 Å². The Labute approximate surface area is 107 Å². The first-order chi connectivity index (χ1) is 8.61. The van der Waals surface area contributed by atoms with E-state index < -0.39 is 0 Å². The molecule has 0 bridgehead atoms. The van der Waals surface area contributed by atoms with E-state index in [2.05, 4.69) is 34.6 Å². The van der Waals surface area contributed by atoms with Gasteiger partial charge >= 0.3 is 0 Å². The van der Waals surface area contributed by atoms with Gasteiger partial charge in [-0.3, -0.25) is 9.36 Å². The van der Waals surface area contributed by atoms with Crippen molar-refractivity contribution in [2.45, 2.75) is 33.9 Å². The fourth-order valence-electron chi connectivity index (χ4n) is 2.01. The molecular formula is C12H20N6. The molecule has 0 aliphatic heterocycles. The first kappa shape index (κ1) is 12.8. The third-order valence-electron chi connectivity index (χ3n) is 3.05. The molecule has 0 saturated heterocycles. The van der Waals surface area contributed by atoms with Gasteiger partial charge in [0, 0.05) is 31.0 Å². The van der Waals surface area contributed by atoms with Crippen LogP contribution in [0.4, 0.5) is 0 Å². The third kappa shape index (κ3) is 2.59. The summed E-state index contributed by atoms with van der Waals surface area (Å²) < 4.78 is 3.70. The standard InChI is InChI=1S/C12H20N6/c1-5-13-6-12-9(2)15-18(10(12)3)8-11-7-17(4)16-14-11/h7,13H,5-6,8H2,1-4H3. The molecule has 0 aliphatic carbocycles.